The number of phenolic OH excluding ortho intramolecular Hbond substituents is 1. The maximum Gasteiger partial charge on any atom is 0.487 e. The van der Waals surface area contributed by atoms with Crippen LogP contribution in [0.5, 0.6) is 28.7 Å². The van der Waals surface area contributed by atoms with Crippen LogP contribution < -0.4 is 46.7 Å². The lowest BCUT2D eigenvalue weighted by molar-refractivity contribution is -0.206. The molecule has 6 unspecified atom stereocenters. The molecule has 6 spiro atoms. The summed E-state index contributed by atoms with van der Waals surface area (Å²) in [5, 5.41) is 49.1. The Bertz CT molecular complexity index is 5700. The summed E-state index contributed by atoms with van der Waals surface area (Å²) < 4.78 is 65.4. The highest BCUT2D eigenvalue weighted by molar-refractivity contribution is 9.11. The Morgan fingerprint density at radius 2 is 0.959 bits per heavy atom. The Morgan fingerprint density at radius 3 is 1.41 bits per heavy atom. The fraction of sp³-hybridized carbons (Fsp3) is 0.486. The number of fused-ring (bicyclic) bond motifs is 6. The zero-order chi connectivity index (χ0) is 103. The van der Waals surface area contributed by atoms with Crippen molar-refractivity contribution in [1.82, 2.24) is 20.9 Å². The normalized spacial score (nSPS) is 23.4. The van der Waals surface area contributed by atoms with E-state index in [-0.39, 0.29) is 54.0 Å². The van der Waals surface area contributed by atoms with E-state index in [9.17, 15) is 19.2 Å². The van der Waals surface area contributed by atoms with Crippen LogP contribution in [0, 0.1) is 24.6 Å². The SMILES string of the molecule is C.C1CCNC1.C=C=N[Si](C)(C)C.CC(=O)c1cc(Br)ccc1O.CN1OC2(CC3(CCCOCC3)Oc3ccc(Br)cc32)N=C1N.CNO.Cl.N#CN=C1CC2(CCCOCC2)Oc2ccc(Br)cc21.O=C1CC2(CCCOCC2)Oc2ccc(Br)cc21.O=C1CCCOCC1.O=C1CCOCC1.[C-]#[N+]c1cccc(-c2ccc3c(c2)C2(CC4(CCCOCC4)O3)N=C(N)N(C)O2)c1.[C-]#[N+]c1cccc(B(O)O)c1. The van der Waals surface area contributed by atoms with Crippen molar-refractivity contribution in [3.05, 3.63) is 215 Å². The molecule has 0 saturated carbocycles. The standard InChI is InChI=1S/C23H24N4O3.C16H20BrN3O3.C15H15BrN2O2.C14H15BrO3.C8H7BrO2.C7H6BNO2.C6H10O2.C5H11NSi.C5H8O2.C4H9N.CH5NO.CH4.ClH/c1-25-18-6-3-5-16(13-18)17-7-8-20-19(14-17)23(26-21(24)27(2)30-23)15-22(29-20)9-4-11-28-12-10-22;1-20-14(18)19-16(23-20)10-15(5-2-7-21-8-6-15)22-13-4-3-11(17)9-12(13)16;16-11-2-3-14-12(8-11)13(18-10-17)9-15(20-14)4-1-6-19-7-5-15;15-10-2-3-13-11(8-10)12(16)9-14(18-13)4-1-6-17-7-5-14;1-5(10)7-4-6(9)2-3-8(7)11;1-9-7-4-2-3-6(5-7)8(10)11;7-6-2-1-4-8-5-3-6;1-5-6-7(2,3)4;6-5-1-3-7-4-2-5;1-2-4-5-3-1;1-2-3;;/h3,5-8,13-14H,4,9-12,15H2,2H3,(H2,24,26);3-4,9H,2,5-8,10H2,1H3,(H2,18,19);2-3,8H,1,4-7,9H2;2-3,8H,1,4-7,9H2;2-4,11H,1H3;2-5,10-11H;1-5H2;1H2,2-4H3;1-4H2;5H,1-4H2;2-3H,1H3;1H4;1H. The van der Waals surface area contributed by atoms with Crippen molar-refractivity contribution in [3.63, 3.8) is 0 Å². The van der Waals surface area contributed by atoms with Gasteiger partial charge in [-0.15, -0.1) is 12.4 Å². The lowest BCUT2D eigenvalue weighted by Crippen LogP contribution is -2.48. The quantitative estimate of drug-likeness (QED) is 0.0203. The Kier molecular flexibility index (Phi) is 49.0. The van der Waals surface area contributed by atoms with Gasteiger partial charge < -0.3 is 84.5 Å². The third kappa shape index (κ3) is 36.4. The highest BCUT2D eigenvalue weighted by Crippen LogP contribution is 2.55. The molecule has 7 saturated heterocycles. The van der Waals surface area contributed by atoms with Crippen LogP contribution in [0.15, 0.2) is 184 Å². The van der Waals surface area contributed by atoms with E-state index in [1.54, 1.807) is 56.0 Å². The highest BCUT2D eigenvalue weighted by atomic mass is 79.9. The Balaban J connectivity index is 0.000000204. The van der Waals surface area contributed by atoms with E-state index in [0.29, 0.717) is 143 Å². The Labute approximate surface area is 892 Å². The molecular weight excluding hydrogens is 2160 g/mol. The van der Waals surface area contributed by atoms with E-state index >= 15 is 0 Å². The number of rotatable bonds is 4. The molecule has 13 aliphatic heterocycles. The van der Waals surface area contributed by atoms with Crippen molar-refractivity contribution in [1.29, 1.82) is 5.26 Å². The van der Waals surface area contributed by atoms with Gasteiger partial charge in [-0.2, -0.15) is 10.3 Å². The molecule has 7 aromatic rings. The smallest absolute Gasteiger partial charge is 0.487 e. The number of halogens is 5. The molecule has 0 radical (unpaired) electrons. The van der Waals surface area contributed by atoms with E-state index in [4.69, 9.17) is 112 Å². The number of Topliss-reactive ketones (excluding diaryl/α,β-unsaturated/α-hetero) is 4. The van der Waals surface area contributed by atoms with Crippen molar-refractivity contribution in [2.75, 3.05) is 114 Å². The number of nitriles is 1. The van der Waals surface area contributed by atoms with Gasteiger partial charge in [-0.25, -0.2) is 45.0 Å². The van der Waals surface area contributed by atoms with Crippen LogP contribution >= 0.6 is 76.1 Å². The lowest BCUT2D eigenvalue weighted by atomic mass is 9.79. The monoisotopic (exact) mass is 2290 g/mol. The van der Waals surface area contributed by atoms with Crippen LogP contribution in [0.4, 0.5) is 11.4 Å². The van der Waals surface area contributed by atoms with Crippen LogP contribution in [0.2, 0.25) is 19.6 Å². The number of aliphatic imine (C=N–C) groups is 3. The van der Waals surface area contributed by atoms with Gasteiger partial charge >= 0.3 is 7.12 Å². The van der Waals surface area contributed by atoms with E-state index in [1.165, 1.54) is 62.2 Å². The minimum atomic E-state index is -1.49. The molecule has 6 atom stereocenters. The molecule has 0 bridgehead atoms. The minimum Gasteiger partial charge on any atom is -0.507 e. The summed E-state index contributed by atoms with van der Waals surface area (Å²) >= 11 is 13.6. The average molecular weight is 2290 g/mol. The van der Waals surface area contributed by atoms with E-state index in [2.05, 4.69) is 125 Å². The third-order valence-electron chi connectivity index (χ3n) is 24.8. The van der Waals surface area contributed by atoms with Crippen LogP contribution in [0.1, 0.15) is 199 Å². The van der Waals surface area contributed by atoms with Crippen molar-refractivity contribution in [2.45, 2.75) is 216 Å². The van der Waals surface area contributed by atoms with E-state index in [0.717, 1.165) is 197 Å². The number of nitrogens with one attached hydrogen (secondary N) is 2. The van der Waals surface area contributed by atoms with Crippen molar-refractivity contribution >= 4 is 155 Å². The number of aromatic hydroxyl groups is 1. The lowest BCUT2D eigenvalue weighted by Gasteiger charge is -2.44. The molecule has 0 amide bonds. The van der Waals surface area contributed by atoms with Gasteiger partial charge in [-0.1, -0.05) is 120 Å². The predicted molar refractivity (Wildman–Crippen MR) is 578 cm³/mol. The molecule has 7 aromatic carbocycles. The van der Waals surface area contributed by atoms with Crippen LogP contribution in [-0.2, 0) is 59.1 Å². The number of hydrogen-bond donors (Lipinski definition) is 8. The van der Waals surface area contributed by atoms with Gasteiger partial charge in [-0.3, -0.25) is 23.8 Å². The molecular formula is C105H135BBr4ClN13O20Si. The van der Waals surface area contributed by atoms with E-state index < -0.39 is 32.4 Å². The molecule has 0 aliphatic carbocycles. The highest BCUT2D eigenvalue weighted by Gasteiger charge is 2.57. The topological polar surface area (TPSA) is 424 Å². The summed E-state index contributed by atoms with van der Waals surface area (Å²) in [6, 6.07) is 42.1. The number of ketones is 4. The van der Waals surface area contributed by atoms with Gasteiger partial charge in [0.25, 0.3) is 0 Å². The van der Waals surface area contributed by atoms with Crippen LogP contribution in [0.3, 0.4) is 0 Å². The molecule has 10 N–H and O–H groups in total. The number of ether oxygens (including phenoxy) is 10. The van der Waals surface area contributed by atoms with Gasteiger partial charge in [0.05, 0.1) is 93.8 Å². The van der Waals surface area contributed by atoms with Crippen LogP contribution in [-0.4, -0.2) is 228 Å². The van der Waals surface area contributed by atoms with Gasteiger partial charge in [0, 0.05) is 148 Å². The van der Waals surface area contributed by atoms with Gasteiger partial charge in [0.1, 0.15) is 62.7 Å². The summed E-state index contributed by atoms with van der Waals surface area (Å²) in [6.45, 7) is 36.2. The number of hydroxylamine groups is 5. The van der Waals surface area contributed by atoms with E-state index in [1.807, 2.05) is 97.2 Å². The second kappa shape index (κ2) is 58.9. The first-order chi connectivity index (χ1) is 68.6. The van der Waals surface area contributed by atoms with Gasteiger partial charge in [-0.05, 0) is 230 Å². The summed E-state index contributed by atoms with van der Waals surface area (Å²) in [5.74, 6) is 7.15. The minimum absolute atomic E-state index is 0. The van der Waals surface area contributed by atoms with Gasteiger partial charge in [0.2, 0.25) is 29.6 Å². The first-order valence-electron chi connectivity index (χ1n) is 48.0. The number of guanidine groups is 2. The number of carbonyl (C=O) groups excluding carboxylic acids is 4. The average Bonchev–Trinajstić information content (AvgIpc) is 1.58. The number of carbonyl (C=O) groups is 4. The van der Waals surface area contributed by atoms with Crippen molar-refractivity contribution < 1.29 is 96.6 Å². The Hall–Kier alpha value is -9.68. The summed E-state index contributed by atoms with van der Waals surface area (Å²) in [4.78, 5) is 76.7. The Morgan fingerprint density at radius 1 is 0.545 bits per heavy atom. The van der Waals surface area contributed by atoms with Crippen molar-refractivity contribution in [3.8, 4) is 46.1 Å². The van der Waals surface area contributed by atoms with Gasteiger partial charge in [0.15, 0.2) is 31.2 Å². The number of phenols is 1. The summed E-state index contributed by atoms with van der Waals surface area (Å²) in [5.41, 5.74) is 18.7. The molecule has 13 heterocycles. The summed E-state index contributed by atoms with van der Waals surface area (Å²) in [6.07, 6.45) is 21.3. The fourth-order valence-corrected chi connectivity index (χ4v) is 19.7. The molecule has 40 heteroatoms. The first-order valence-corrected chi connectivity index (χ1v) is 54.6. The molecule has 33 nitrogen and oxygen atoms in total. The molecule has 782 valence electrons. The predicted octanol–water partition coefficient (Wildman–Crippen LogP) is 19.4. The summed E-state index contributed by atoms with van der Waals surface area (Å²) in [7, 11) is 2.29. The molecule has 145 heavy (non-hydrogen) atoms. The molecule has 13 aliphatic rings. The maximum atomic E-state index is 12.3. The number of nitrogens with zero attached hydrogens (tertiary/aromatic N) is 9. The zero-order valence-corrected chi connectivity index (χ0v) is 90.8. The zero-order valence-electron chi connectivity index (χ0n) is 82.6. The second-order valence-corrected chi connectivity index (χ2v) is 45.1. The third-order valence-corrected chi connectivity index (χ3v) is 27.6. The largest absolute Gasteiger partial charge is 0.507 e. The van der Waals surface area contributed by atoms with Crippen LogP contribution in [0.25, 0.3) is 20.8 Å². The maximum absolute atomic E-state index is 12.3. The second-order valence-electron chi connectivity index (χ2n) is 36.8. The number of benzene rings is 7. The van der Waals surface area contributed by atoms with Crippen molar-refractivity contribution in [2.24, 2.45) is 31.1 Å². The fourth-order valence-electron chi connectivity index (χ4n) is 17.8. The number of nitrogens with two attached hydrogens (primary N) is 2. The molecule has 20 rings (SSSR count). The molecule has 7 fully saturated rings. The molecule has 0 aromatic heterocycles. The first kappa shape index (κ1) is 121. The number of hydrogen-bond acceptors (Lipinski definition) is 31.